The van der Waals surface area contributed by atoms with Crippen molar-refractivity contribution in [2.45, 2.75) is 52.2 Å². The molecule has 0 aliphatic rings. The number of urea groups is 1. The van der Waals surface area contributed by atoms with E-state index in [2.05, 4.69) is 5.32 Å². The van der Waals surface area contributed by atoms with E-state index < -0.39 is 30.1 Å². The minimum atomic E-state index is -1.08. The molecule has 0 saturated carbocycles. The molecular formula is C42H44N2O6. The SMILES string of the molecule is CC(C)CN(CC(OCc1ccccc1)C(=O)OCc1ccccc1)C(=O)N[C@@H](Cc1ccc2ccccc2c1)C(=O)OCc1ccccc1. The summed E-state index contributed by atoms with van der Waals surface area (Å²) >= 11 is 0. The summed E-state index contributed by atoms with van der Waals surface area (Å²) in [5.74, 6) is -1.08. The van der Waals surface area contributed by atoms with Gasteiger partial charge in [-0.3, -0.25) is 0 Å². The Balaban J connectivity index is 1.35. The predicted molar refractivity (Wildman–Crippen MR) is 194 cm³/mol. The number of hydrogen-bond donors (Lipinski definition) is 1. The topological polar surface area (TPSA) is 94.2 Å². The normalized spacial score (nSPS) is 12.2. The van der Waals surface area contributed by atoms with Gasteiger partial charge in [-0.1, -0.05) is 147 Å². The van der Waals surface area contributed by atoms with E-state index in [1.165, 1.54) is 4.90 Å². The summed E-state index contributed by atoms with van der Waals surface area (Å²) in [5.41, 5.74) is 3.43. The van der Waals surface area contributed by atoms with E-state index >= 15 is 0 Å². The lowest BCUT2D eigenvalue weighted by atomic mass is 10.0. The number of hydrogen-bond acceptors (Lipinski definition) is 6. The Hall–Kier alpha value is -5.47. The smallest absolute Gasteiger partial charge is 0.337 e. The van der Waals surface area contributed by atoms with E-state index in [0.717, 1.165) is 33.0 Å². The van der Waals surface area contributed by atoms with Crippen molar-refractivity contribution in [1.82, 2.24) is 10.2 Å². The van der Waals surface area contributed by atoms with Gasteiger partial charge in [-0.15, -0.1) is 0 Å². The molecule has 5 aromatic rings. The molecule has 0 saturated heterocycles. The van der Waals surface area contributed by atoms with Gasteiger partial charge in [-0.05, 0) is 38.9 Å². The highest BCUT2D eigenvalue weighted by molar-refractivity contribution is 5.86. The molecule has 258 valence electrons. The van der Waals surface area contributed by atoms with Crippen molar-refractivity contribution in [2.75, 3.05) is 13.1 Å². The second-order valence-corrected chi connectivity index (χ2v) is 12.7. The zero-order valence-corrected chi connectivity index (χ0v) is 28.6. The van der Waals surface area contributed by atoms with E-state index in [-0.39, 0.29) is 38.7 Å². The van der Waals surface area contributed by atoms with Crippen LogP contribution in [0.2, 0.25) is 0 Å². The first-order valence-corrected chi connectivity index (χ1v) is 16.9. The number of carbonyl (C=O) groups excluding carboxylic acids is 3. The third-order valence-electron chi connectivity index (χ3n) is 8.10. The van der Waals surface area contributed by atoms with Crippen molar-refractivity contribution in [3.05, 3.63) is 156 Å². The molecule has 0 heterocycles. The lowest BCUT2D eigenvalue weighted by Gasteiger charge is -2.30. The molecule has 0 aliphatic carbocycles. The van der Waals surface area contributed by atoms with Crippen molar-refractivity contribution in [3.63, 3.8) is 0 Å². The Morgan fingerprint density at radius 2 is 1.10 bits per heavy atom. The maximum absolute atomic E-state index is 14.1. The van der Waals surface area contributed by atoms with Crippen LogP contribution in [0.15, 0.2) is 133 Å². The summed E-state index contributed by atoms with van der Waals surface area (Å²) in [7, 11) is 0. The van der Waals surface area contributed by atoms with E-state index in [1.54, 1.807) is 0 Å². The third-order valence-corrected chi connectivity index (χ3v) is 8.10. The summed E-state index contributed by atoms with van der Waals surface area (Å²) < 4.78 is 17.5. The van der Waals surface area contributed by atoms with Crippen molar-refractivity contribution < 1.29 is 28.6 Å². The van der Waals surface area contributed by atoms with Crippen LogP contribution in [-0.4, -0.2) is 48.1 Å². The van der Waals surface area contributed by atoms with Gasteiger partial charge in [0.1, 0.15) is 19.3 Å². The molecule has 5 rings (SSSR count). The Morgan fingerprint density at radius 1 is 0.580 bits per heavy atom. The van der Waals surface area contributed by atoms with Crippen LogP contribution < -0.4 is 5.32 Å². The Morgan fingerprint density at radius 3 is 1.68 bits per heavy atom. The number of nitrogens with zero attached hydrogens (tertiary/aromatic N) is 1. The van der Waals surface area contributed by atoms with E-state index in [1.807, 2.05) is 147 Å². The van der Waals surface area contributed by atoms with E-state index in [0.29, 0.717) is 6.54 Å². The van der Waals surface area contributed by atoms with E-state index in [4.69, 9.17) is 14.2 Å². The minimum absolute atomic E-state index is 0.0554. The Labute approximate surface area is 294 Å². The largest absolute Gasteiger partial charge is 0.459 e. The van der Waals surface area contributed by atoms with Crippen LogP contribution in [-0.2, 0) is 50.0 Å². The first-order chi connectivity index (χ1) is 24.3. The fourth-order valence-electron chi connectivity index (χ4n) is 5.53. The summed E-state index contributed by atoms with van der Waals surface area (Å²) in [6.45, 7) is 4.49. The summed E-state index contributed by atoms with van der Waals surface area (Å²) in [5, 5.41) is 5.04. The van der Waals surface area contributed by atoms with E-state index in [9.17, 15) is 14.4 Å². The molecular weight excluding hydrogens is 628 g/mol. The van der Waals surface area contributed by atoms with Crippen LogP contribution in [0.1, 0.15) is 36.1 Å². The first-order valence-electron chi connectivity index (χ1n) is 16.9. The van der Waals surface area contributed by atoms with Gasteiger partial charge in [-0.25, -0.2) is 14.4 Å². The number of esters is 2. The quantitative estimate of drug-likeness (QED) is 0.109. The van der Waals surface area contributed by atoms with Crippen LogP contribution >= 0.6 is 0 Å². The molecule has 0 aliphatic heterocycles. The predicted octanol–water partition coefficient (Wildman–Crippen LogP) is 7.49. The van der Waals surface area contributed by atoms with Gasteiger partial charge in [0.15, 0.2) is 6.10 Å². The van der Waals surface area contributed by atoms with Crippen molar-refractivity contribution in [1.29, 1.82) is 0 Å². The zero-order valence-electron chi connectivity index (χ0n) is 28.6. The Bertz CT molecular complexity index is 1810. The number of fused-ring (bicyclic) bond motifs is 1. The number of rotatable bonds is 16. The highest BCUT2D eigenvalue weighted by Crippen LogP contribution is 2.18. The molecule has 2 atom stereocenters. The summed E-state index contributed by atoms with van der Waals surface area (Å²) in [4.78, 5) is 42.7. The van der Waals surface area contributed by atoms with Crippen LogP contribution in [0.3, 0.4) is 0 Å². The molecule has 5 aromatic carbocycles. The van der Waals surface area contributed by atoms with Gasteiger partial charge in [0, 0.05) is 13.0 Å². The van der Waals surface area contributed by atoms with Crippen LogP contribution in [0.4, 0.5) is 4.79 Å². The average molecular weight is 673 g/mol. The Kier molecular flexibility index (Phi) is 13.1. The van der Waals surface area contributed by atoms with Crippen molar-refractivity contribution in [2.24, 2.45) is 5.92 Å². The highest BCUT2D eigenvalue weighted by atomic mass is 16.6. The molecule has 50 heavy (non-hydrogen) atoms. The molecule has 0 radical (unpaired) electrons. The van der Waals surface area contributed by atoms with Gasteiger partial charge in [0.05, 0.1) is 13.2 Å². The fraction of sp³-hybridized carbons (Fsp3) is 0.262. The molecule has 0 aromatic heterocycles. The van der Waals surface area contributed by atoms with Gasteiger partial charge in [0.25, 0.3) is 0 Å². The van der Waals surface area contributed by atoms with Crippen LogP contribution in [0, 0.1) is 5.92 Å². The summed E-state index contributed by atoms with van der Waals surface area (Å²) in [6.07, 6.45) is -0.861. The maximum Gasteiger partial charge on any atom is 0.337 e. The van der Waals surface area contributed by atoms with Gasteiger partial charge < -0.3 is 24.4 Å². The van der Waals surface area contributed by atoms with Crippen LogP contribution in [0.25, 0.3) is 10.8 Å². The second-order valence-electron chi connectivity index (χ2n) is 12.7. The third kappa shape index (κ3) is 11.0. The fourth-order valence-corrected chi connectivity index (χ4v) is 5.53. The number of amides is 2. The van der Waals surface area contributed by atoms with Crippen molar-refractivity contribution in [3.8, 4) is 0 Å². The van der Waals surface area contributed by atoms with Gasteiger partial charge in [0.2, 0.25) is 0 Å². The van der Waals surface area contributed by atoms with Gasteiger partial charge >= 0.3 is 18.0 Å². The maximum atomic E-state index is 14.1. The summed E-state index contributed by atoms with van der Waals surface area (Å²) in [6, 6.07) is 40.7. The standard InChI is InChI=1S/C42H44N2O6/c1-31(2)26-44(27-39(48-28-32-14-6-3-7-15-32)41(46)50-30-34-18-10-5-11-19-34)42(47)43-38(40(45)49-29-33-16-8-4-9-17-33)25-35-22-23-36-20-12-13-21-37(36)24-35/h3-24,31,38-39H,25-30H2,1-2H3,(H,43,47)/t38-,39?/m0/s1. The molecule has 0 fully saturated rings. The average Bonchev–Trinajstić information content (AvgIpc) is 3.14. The molecule has 0 spiro atoms. The zero-order chi connectivity index (χ0) is 35.1. The first kappa shape index (κ1) is 35.8. The molecule has 8 heteroatoms. The molecule has 0 bridgehead atoms. The molecule has 1 N–H and O–H groups in total. The number of carbonyl (C=O) groups is 3. The minimum Gasteiger partial charge on any atom is -0.459 e. The highest BCUT2D eigenvalue weighted by Gasteiger charge is 2.31. The lowest BCUT2D eigenvalue weighted by Crippen LogP contribution is -2.53. The number of ether oxygens (including phenoxy) is 3. The molecule has 1 unspecified atom stereocenters. The number of benzene rings is 5. The second kappa shape index (κ2) is 18.3. The van der Waals surface area contributed by atoms with Crippen molar-refractivity contribution >= 4 is 28.7 Å². The molecule has 2 amide bonds. The number of nitrogens with one attached hydrogen (secondary N) is 1. The molecule has 8 nitrogen and oxygen atoms in total. The van der Waals surface area contributed by atoms with Crippen LogP contribution in [0.5, 0.6) is 0 Å². The monoisotopic (exact) mass is 672 g/mol. The lowest BCUT2D eigenvalue weighted by molar-refractivity contribution is -0.160. The van der Waals surface area contributed by atoms with Gasteiger partial charge in [-0.2, -0.15) is 0 Å².